The Morgan fingerprint density at radius 2 is 2.33 bits per heavy atom. The van der Waals surface area contributed by atoms with Gasteiger partial charge in [-0.3, -0.25) is 0 Å². The highest BCUT2D eigenvalue weighted by atomic mass is 28.3. The molecule has 0 spiro atoms. The Bertz CT molecular complexity index is 178. The number of ether oxygens (including phenoxy) is 1. The Hall–Kier alpha value is -0.973. The highest BCUT2D eigenvalue weighted by Gasteiger charge is 2.04. The van der Waals surface area contributed by atoms with Gasteiger partial charge < -0.3 is 13.6 Å². The smallest absolute Gasteiger partial charge is 0.502 e. The number of esters is 1. The maximum atomic E-state index is 10.7. The van der Waals surface area contributed by atoms with E-state index in [4.69, 9.17) is 0 Å². The summed E-state index contributed by atoms with van der Waals surface area (Å²) in [6.45, 7) is 3.50. The molecule has 5 heteroatoms. The molecule has 12 heavy (non-hydrogen) atoms. The molecule has 0 N–H and O–H groups in total. The fraction of sp³-hybridized carbons (Fsp3) is 0.571. The van der Waals surface area contributed by atoms with E-state index in [1.807, 2.05) is 0 Å². The number of carbonyl (C=O) groups excluding carboxylic acids is 1. The summed E-state index contributed by atoms with van der Waals surface area (Å²) in [6.07, 6.45) is 1.66. The number of carbonyl (C=O) groups is 1. The number of hydrogen-bond acceptors (Lipinski definition) is 4. The van der Waals surface area contributed by atoms with Crippen molar-refractivity contribution in [2.24, 2.45) is 0 Å². The van der Waals surface area contributed by atoms with Crippen LogP contribution in [0.15, 0.2) is 12.7 Å². The summed E-state index contributed by atoms with van der Waals surface area (Å²) in [5.41, 5.74) is 0. The van der Waals surface area contributed by atoms with E-state index in [-0.39, 0.29) is 6.61 Å². The second-order valence-corrected chi connectivity index (χ2v) is 3.70. The summed E-state index contributed by atoms with van der Waals surface area (Å²) >= 11 is 0. The minimum atomic E-state index is -1.90. The Kier molecular flexibility index (Phi) is 6.17. The molecule has 0 aliphatic heterocycles. The molecule has 0 aromatic carbocycles. The van der Waals surface area contributed by atoms with Gasteiger partial charge in [-0.1, -0.05) is 6.58 Å². The minimum Gasteiger partial charge on any atom is -0.527 e. The normalized spacial score (nSPS) is 8.75. The van der Waals surface area contributed by atoms with Crippen molar-refractivity contribution in [2.75, 3.05) is 13.7 Å². The summed E-state index contributed by atoms with van der Waals surface area (Å²) in [7, 11) is -0.501. The maximum Gasteiger partial charge on any atom is 0.502 e. The van der Waals surface area contributed by atoms with Crippen molar-refractivity contribution in [2.45, 2.75) is 12.5 Å². The van der Waals surface area contributed by atoms with Crippen LogP contribution in [0.25, 0.3) is 0 Å². The fourth-order valence-electron chi connectivity index (χ4n) is 0.550. The Morgan fingerprint density at radius 1 is 1.67 bits per heavy atom. The molecule has 68 valence electrons. The van der Waals surface area contributed by atoms with Crippen molar-refractivity contribution < 1.29 is 18.4 Å². The van der Waals surface area contributed by atoms with Crippen LogP contribution >= 0.6 is 0 Å². The molecule has 0 aromatic heterocycles. The van der Waals surface area contributed by atoms with E-state index >= 15 is 0 Å². The van der Waals surface area contributed by atoms with Gasteiger partial charge >= 0.3 is 14.9 Å². The van der Waals surface area contributed by atoms with Gasteiger partial charge in [-0.25, -0.2) is 4.79 Å². The van der Waals surface area contributed by atoms with Gasteiger partial charge in [0.15, 0.2) is 0 Å². The predicted octanol–water partition coefficient (Wildman–Crippen LogP) is 0.671. The van der Waals surface area contributed by atoms with Gasteiger partial charge in [0.05, 0.1) is 13.7 Å². The lowest BCUT2D eigenvalue weighted by atomic mass is 10.5. The van der Waals surface area contributed by atoms with E-state index in [1.165, 1.54) is 7.11 Å². The molecule has 0 saturated heterocycles. The summed E-state index contributed by atoms with van der Waals surface area (Å²) in [6, 6.07) is 0.450. The first-order valence-corrected chi connectivity index (χ1v) is 5.09. The molecular weight excluding hydrogens is 176 g/mol. The van der Waals surface area contributed by atoms with Crippen molar-refractivity contribution in [1.29, 1.82) is 0 Å². The molecule has 0 amide bonds. The van der Waals surface area contributed by atoms with E-state index in [0.29, 0.717) is 12.5 Å². The van der Waals surface area contributed by atoms with Crippen LogP contribution in [0.1, 0.15) is 6.42 Å². The predicted molar refractivity (Wildman–Crippen MR) is 44.0 cm³/mol. The van der Waals surface area contributed by atoms with Crippen LogP contribution in [0.5, 0.6) is 0 Å². The van der Waals surface area contributed by atoms with Crippen molar-refractivity contribution in [3.63, 3.8) is 0 Å². The van der Waals surface area contributed by atoms with Crippen LogP contribution in [-0.4, -0.2) is 28.6 Å². The molecule has 0 saturated carbocycles. The van der Waals surface area contributed by atoms with Crippen LogP contribution in [0.3, 0.4) is 0 Å². The van der Waals surface area contributed by atoms with Gasteiger partial charge in [-0.2, -0.15) is 0 Å². The SMILES string of the molecule is C=CC(=O)OCCC[Si](=O)OC. The fourth-order valence-corrected chi connectivity index (χ4v) is 1.19. The first kappa shape index (κ1) is 11.0. The molecule has 0 aliphatic rings. The lowest BCUT2D eigenvalue weighted by Gasteiger charge is -1.99. The zero-order valence-electron chi connectivity index (χ0n) is 7.04. The molecule has 0 heterocycles. The van der Waals surface area contributed by atoms with Crippen LogP contribution in [0.4, 0.5) is 0 Å². The van der Waals surface area contributed by atoms with Crippen molar-refractivity contribution in [3.05, 3.63) is 12.7 Å². The molecule has 0 fully saturated rings. The molecular formula is C7H12O4Si. The zero-order chi connectivity index (χ0) is 9.40. The second kappa shape index (κ2) is 6.72. The van der Waals surface area contributed by atoms with E-state index in [2.05, 4.69) is 15.7 Å². The standard InChI is InChI=1S/C7H12O4Si/c1-3-7(8)11-5-4-6-12(9)10-2/h3H,1,4-6H2,2H3. The second-order valence-electron chi connectivity index (χ2n) is 2.05. The molecule has 0 bridgehead atoms. The van der Waals surface area contributed by atoms with Crippen LogP contribution in [0, 0.1) is 0 Å². The summed E-state index contributed by atoms with van der Waals surface area (Å²) in [5.74, 6) is -0.452. The third-order valence-electron chi connectivity index (χ3n) is 1.16. The monoisotopic (exact) mass is 188 g/mol. The topological polar surface area (TPSA) is 52.6 Å². The van der Waals surface area contributed by atoms with Crippen LogP contribution in [0.2, 0.25) is 6.04 Å². The van der Waals surface area contributed by atoms with E-state index < -0.39 is 14.9 Å². The summed E-state index contributed by atoms with van der Waals surface area (Å²) in [4.78, 5) is 10.5. The van der Waals surface area contributed by atoms with Crippen molar-refractivity contribution in [3.8, 4) is 0 Å². The van der Waals surface area contributed by atoms with E-state index in [1.54, 1.807) is 0 Å². The number of rotatable bonds is 6. The average molecular weight is 188 g/mol. The molecule has 0 rings (SSSR count). The Labute approximate surface area is 73.0 Å². The molecule has 0 unspecified atom stereocenters. The zero-order valence-corrected chi connectivity index (χ0v) is 8.04. The highest BCUT2D eigenvalue weighted by Crippen LogP contribution is 1.93. The Balaban J connectivity index is 3.27. The van der Waals surface area contributed by atoms with Crippen LogP contribution in [-0.2, 0) is 18.4 Å². The largest absolute Gasteiger partial charge is 0.527 e. The molecule has 0 atom stereocenters. The molecule has 0 aromatic rings. The van der Waals surface area contributed by atoms with Crippen molar-refractivity contribution in [1.82, 2.24) is 0 Å². The van der Waals surface area contributed by atoms with Crippen molar-refractivity contribution >= 4 is 14.9 Å². The average Bonchev–Trinajstić information content (AvgIpc) is 2.11. The molecule has 4 nitrogen and oxygen atoms in total. The van der Waals surface area contributed by atoms with Gasteiger partial charge in [0.25, 0.3) is 0 Å². The Morgan fingerprint density at radius 3 is 2.83 bits per heavy atom. The first-order valence-electron chi connectivity index (χ1n) is 3.56. The summed E-state index contributed by atoms with van der Waals surface area (Å²) in [5, 5.41) is 0. The highest BCUT2D eigenvalue weighted by molar-refractivity contribution is 6.34. The maximum absolute atomic E-state index is 10.7. The van der Waals surface area contributed by atoms with Gasteiger partial charge in [0, 0.05) is 12.1 Å². The first-order chi connectivity index (χ1) is 5.70. The van der Waals surface area contributed by atoms with E-state index in [9.17, 15) is 9.26 Å². The lowest BCUT2D eigenvalue weighted by molar-refractivity contribution is -0.137. The van der Waals surface area contributed by atoms with E-state index in [0.717, 1.165) is 6.08 Å². The summed E-state index contributed by atoms with van der Waals surface area (Å²) < 4.78 is 19.9. The third kappa shape index (κ3) is 5.78. The van der Waals surface area contributed by atoms with Gasteiger partial charge in [0.2, 0.25) is 0 Å². The molecule has 0 aliphatic carbocycles. The quantitative estimate of drug-likeness (QED) is 0.266. The van der Waals surface area contributed by atoms with Gasteiger partial charge in [-0.15, -0.1) is 0 Å². The minimum absolute atomic E-state index is 0.268. The van der Waals surface area contributed by atoms with Gasteiger partial charge in [-0.05, 0) is 6.42 Å². The molecule has 0 radical (unpaired) electrons. The number of hydrogen-bond donors (Lipinski definition) is 0. The third-order valence-corrected chi connectivity index (χ3v) is 2.38. The van der Waals surface area contributed by atoms with Gasteiger partial charge in [0.1, 0.15) is 0 Å². The van der Waals surface area contributed by atoms with Crippen LogP contribution < -0.4 is 0 Å². The lowest BCUT2D eigenvalue weighted by Crippen LogP contribution is -2.06.